The third-order valence-corrected chi connectivity index (χ3v) is 5.72. The van der Waals surface area contributed by atoms with Crippen molar-refractivity contribution < 1.29 is 9.47 Å². The Morgan fingerprint density at radius 1 is 0.811 bits per heavy atom. The van der Waals surface area contributed by atoms with Gasteiger partial charge in [-0.15, -0.1) is 0 Å². The first-order chi connectivity index (χ1) is 18.0. The fourth-order valence-electron chi connectivity index (χ4n) is 3.89. The molecule has 3 aromatic carbocycles. The van der Waals surface area contributed by atoms with Crippen molar-refractivity contribution in [3.8, 4) is 11.5 Å². The number of ether oxygens (including phenoxy) is 2. The van der Waals surface area contributed by atoms with Crippen LogP contribution in [0.25, 0.3) is 10.9 Å². The van der Waals surface area contributed by atoms with Crippen LogP contribution in [-0.2, 0) is 6.54 Å². The van der Waals surface area contributed by atoms with E-state index < -0.39 is 0 Å². The van der Waals surface area contributed by atoms with Crippen LogP contribution in [-0.4, -0.2) is 38.7 Å². The molecule has 0 unspecified atom stereocenters. The fourth-order valence-corrected chi connectivity index (χ4v) is 3.89. The fraction of sp³-hybridized carbons (Fsp3) is 0.148. The molecule has 0 spiro atoms. The number of rotatable bonds is 8. The van der Waals surface area contributed by atoms with Gasteiger partial charge in [0.2, 0.25) is 11.9 Å². The Morgan fingerprint density at radius 2 is 1.54 bits per heavy atom. The van der Waals surface area contributed by atoms with E-state index in [4.69, 9.17) is 9.47 Å². The molecule has 2 aromatic heterocycles. The van der Waals surface area contributed by atoms with E-state index in [2.05, 4.69) is 30.6 Å². The van der Waals surface area contributed by atoms with Gasteiger partial charge in [0, 0.05) is 11.8 Å². The third kappa shape index (κ3) is 5.18. The number of aromatic nitrogens is 5. The lowest BCUT2D eigenvalue weighted by Gasteiger charge is -2.14. The quantitative estimate of drug-likeness (QED) is 0.322. The topological polar surface area (TPSA) is 116 Å². The second-order valence-corrected chi connectivity index (χ2v) is 8.15. The van der Waals surface area contributed by atoms with E-state index in [-0.39, 0.29) is 18.1 Å². The van der Waals surface area contributed by atoms with Crippen LogP contribution < -0.4 is 25.7 Å². The molecule has 0 fully saturated rings. The first kappa shape index (κ1) is 23.7. The van der Waals surface area contributed by atoms with Crippen molar-refractivity contribution in [1.82, 2.24) is 24.5 Å². The number of aryl methyl sites for hydroxylation is 1. The lowest BCUT2D eigenvalue weighted by atomic mass is 10.2. The molecule has 0 aliphatic heterocycles. The van der Waals surface area contributed by atoms with Gasteiger partial charge in [-0.3, -0.25) is 9.36 Å². The average Bonchev–Trinajstić information content (AvgIpc) is 2.91. The van der Waals surface area contributed by atoms with Gasteiger partial charge in [-0.05, 0) is 43.3 Å². The highest BCUT2D eigenvalue weighted by Gasteiger charge is 2.14. The van der Waals surface area contributed by atoms with Gasteiger partial charge >= 0.3 is 0 Å². The predicted molar refractivity (Wildman–Crippen MR) is 142 cm³/mol. The number of para-hydroxylation sites is 2. The minimum atomic E-state index is -0.162. The molecule has 0 saturated heterocycles. The molecule has 0 aliphatic carbocycles. The lowest BCUT2D eigenvalue weighted by molar-refractivity contribution is 0.405. The highest BCUT2D eigenvalue weighted by atomic mass is 16.5. The van der Waals surface area contributed by atoms with Crippen LogP contribution in [0.4, 0.5) is 23.3 Å². The smallest absolute Gasteiger partial charge is 0.261 e. The van der Waals surface area contributed by atoms with Gasteiger partial charge in [-0.1, -0.05) is 30.3 Å². The van der Waals surface area contributed by atoms with Crippen LogP contribution in [0.5, 0.6) is 11.5 Å². The summed E-state index contributed by atoms with van der Waals surface area (Å²) in [6, 6.07) is 22.2. The van der Waals surface area contributed by atoms with Gasteiger partial charge in [-0.2, -0.15) is 15.0 Å². The molecule has 0 atom stereocenters. The van der Waals surface area contributed by atoms with E-state index >= 15 is 0 Å². The summed E-state index contributed by atoms with van der Waals surface area (Å²) >= 11 is 0. The molecule has 2 N–H and O–H groups in total. The van der Waals surface area contributed by atoms with Gasteiger partial charge in [0.1, 0.15) is 17.3 Å². The second kappa shape index (κ2) is 10.3. The van der Waals surface area contributed by atoms with E-state index in [0.717, 1.165) is 5.69 Å². The lowest BCUT2D eigenvalue weighted by Crippen LogP contribution is -2.25. The molecular formula is C27H25N7O3. The number of methoxy groups -OCH3 is 2. The molecule has 5 rings (SSSR count). The number of anilines is 4. The number of fused-ring (bicyclic) bond motifs is 1. The van der Waals surface area contributed by atoms with Crippen LogP contribution in [0.15, 0.2) is 77.6 Å². The minimum absolute atomic E-state index is 0.110. The zero-order valence-corrected chi connectivity index (χ0v) is 20.6. The first-order valence-electron chi connectivity index (χ1n) is 11.6. The number of benzene rings is 3. The van der Waals surface area contributed by atoms with E-state index in [1.165, 1.54) is 0 Å². The summed E-state index contributed by atoms with van der Waals surface area (Å²) in [7, 11) is 3.17. The van der Waals surface area contributed by atoms with E-state index in [1.807, 2.05) is 48.5 Å². The maximum Gasteiger partial charge on any atom is 0.261 e. The molecule has 0 aliphatic rings. The first-order valence-corrected chi connectivity index (χ1v) is 11.6. The van der Waals surface area contributed by atoms with E-state index in [0.29, 0.717) is 45.7 Å². The molecule has 10 nitrogen and oxygen atoms in total. The number of hydrogen-bond acceptors (Lipinski definition) is 9. The zero-order chi connectivity index (χ0) is 25.8. The molecular weight excluding hydrogens is 470 g/mol. The van der Waals surface area contributed by atoms with Crippen LogP contribution in [0.1, 0.15) is 11.6 Å². The van der Waals surface area contributed by atoms with Crippen molar-refractivity contribution in [3.05, 3.63) is 94.8 Å². The Labute approximate surface area is 213 Å². The van der Waals surface area contributed by atoms with Crippen LogP contribution in [0.3, 0.4) is 0 Å². The number of nitrogens with zero attached hydrogens (tertiary/aromatic N) is 5. The Balaban J connectivity index is 1.57. The zero-order valence-electron chi connectivity index (χ0n) is 20.6. The van der Waals surface area contributed by atoms with Crippen molar-refractivity contribution in [2.75, 3.05) is 24.9 Å². The van der Waals surface area contributed by atoms with Crippen LogP contribution in [0.2, 0.25) is 0 Å². The van der Waals surface area contributed by atoms with Crippen molar-refractivity contribution in [1.29, 1.82) is 0 Å². The van der Waals surface area contributed by atoms with Crippen molar-refractivity contribution >= 4 is 34.2 Å². The summed E-state index contributed by atoms with van der Waals surface area (Å²) in [4.78, 5) is 31.6. The SMILES string of the molecule is COc1ccc(OC)c(Nc2nc(Cn3c(C)nc4ccccc4c3=O)nc(Nc3ccccc3)n2)c1. The summed E-state index contributed by atoms with van der Waals surface area (Å²) in [6.07, 6.45) is 0. The summed E-state index contributed by atoms with van der Waals surface area (Å²) in [5.74, 6) is 2.76. The maximum absolute atomic E-state index is 13.2. The predicted octanol–water partition coefficient (Wildman–Crippen LogP) is 4.44. The molecule has 0 saturated carbocycles. The summed E-state index contributed by atoms with van der Waals surface area (Å²) in [6.45, 7) is 1.90. The Kier molecular flexibility index (Phi) is 6.62. The minimum Gasteiger partial charge on any atom is -0.497 e. The highest BCUT2D eigenvalue weighted by molar-refractivity contribution is 5.77. The highest BCUT2D eigenvalue weighted by Crippen LogP contribution is 2.31. The maximum atomic E-state index is 13.2. The van der Waals surface area contributed by atoms with Gasteiger partial charge in [0.25, 0.3) is 5.56 Å². The number of hydrogen-bond donors (Lipinski definition) is 2. The summed E-state index contributed by atoms with van der Waals surface area (Å²) < 4.78 is 12.4. The van der Waals surface area contributed by atoms with Crippen LogP contribution >= 0.6 is 0 Å². The standard InChI is InChI=1S/C27H25N7O3/c1-17-28-21-12-8-7-11-20(21)25(35)34(17)16-24-31-26(29-18-9-5-4-6-10-18)33-27(32-24)30-22-15-19(36-2)13-14-23(22)37-3/h4-15H,16H2,1-3H3,(H2,29,30,31,32,33). The monoisotopic (exact) mass is 495 g/mol. The molecule has 5 aromatic rings. The molecule has 2 heterocycles. The van der Waals surface area contributed by atoms with Gasteiger partial charge < -0.3 is 20.1 Å². The Hall–Kier alpha value is -4.99. The molecule has 186 valence electrons. The largest absolute Gasteiger partial charge is 0.497 e. The van der Waals surface area contributed by atoms with Gasteiger partial charge in [0.05, 0.1) is 37.4 Å². The average molecular weight is 496 g/mol. The summed E-state index contributed by atoms with van der Waals surface area (Å²) in [5.41, 5.74) is 1.91. The van der Waals surface area contributed by atoms with Crippen molar-refractivity contribution in [2.45, 2.75) is 13.5 Å². The molecule has 0 amide bonds. The molecule has 37 heavy (non-hydrogen) atoms. The number of nitrogens with one attached hydrogen (secondary N) is 2. The van der Waals surface area contributed by atoms with E-state index in [9.17, 15) is 4.79 Å². The van der Waals surface area contributed by atoms with Crippen molar-refractivity contribution in [2.24, 2.45) is 0 Å². The molecule has 10 heteroatoms. The van der Waals surface area contributed by atoms with Crippen LogP contribution in [0, 0.1) is 6.92 Å². The van der Waals surface area contributed by atoms with Crippen molar-refractivity contribution in [3.63, 3.8) is 0 Å². The van der Waals surface area contributed by atoms with E-state index in [1.54, 1.807) is 50.0 Å². The Morgan fingerprint density at radius 3 is 2.30 bits per heavy atom. The normalized spacial score (nSPS) is 10.8. The molecule has 0 radical (unpaired) electrons. The van der Waals surface area contributed by atoms with Gasteiger partial charge in [0.15, 0.2) is 5.82 Å². The summed E-state index contributed by atoms with van der Waals surface area (Å²) in [5, 5.41) is 6.94. The second-order valence-electron chi connectivity index (χ2n) is 8.15. The Bertz CT molecular complexity index is 1620. The third-order valence-electron chi connectivity index (χ3n) is 5.72. The molecule has 0 bridgehead atoms. The van der Waals surface area contributed by atoms with Gasteiger partial charge in [-0.25, -0.2) is 4.98 Å².